The van der Waals surface area contributed by atoms with Crippen molar-refractivity contribution in [1.82, 2.24) is 5.32 Å². The molecule has 0 bridgehead atoms. The van der Waals surface area contributed by atoms with E-state index in [1.54, 1.807) is 19.9 Å². The lowest BCUT2D eigenvalue weighted by Gasteiger charge is -2.18. The highest BCUT2D eigenvalue weighted by Crippen LogP contribution is 2.58. The Kier molecular flexibility index (Phi) is 4.46. The molecule has 0 unspecified atom stereocenters. The number of carboxylic acids is 1. The molecule has 1 aliphatic carbocycles. The Morgan fingerprint density at radius 3 is 2.54 bits per heavy atom. The number of carbonyl (C=O) groups excluding carboxylic acids is 1. The Bertz CT molecular complexity index is 868. The molecule has 1 aromatic carbocycles. The van der Waals surface area contributed by atoms with Gasteiger partial charge in [0.05, 0.1) is 23.3 Å². The van der Waals surface area contributed by atoms with Crippen LogP contribution in [-0.2, 0) is 26.2 Å². The number of nitrogens with zero attached hydrogens (tertiary/aromatic N) is 1. The van der Waals surface area contributed by atoms with Gasteiger partial charge in [0.25, 0.3) is 0 Å². The summed E-state index contributed by atoms with van der Waals surface area (Å²) in [7, 11) is -3.46. The Morgan fingerprint density at radius 2 is 2.04 bits per heavy atom. The van der Waals surface area contributed by atoms with Gasteiger partial charge in [-0.2, -0.15) is 0 Å². The Morgan fingerprint density at radius 1 is 1.35 bits per heavy atom. The second-order valence-corrected chi connectivity index (χ2v) is 9.37. The van der Waals surface area contributed by atoms with Crippen molar-refractivity contribution in [1.29, 1.82) is 0 Å². The minimum absolute atomic E-state index is 0.00612. The van der Waals surface area contributed by atoms with Gasteiger partial charge in [-0.05, 0) is 29.5 Å². The quantitative estimate of drug-likeness (QED) is 0.797. The molecule has 9 heteroatoms. The third kappa shape index (κ3) is 3.15. The molecule has 26 heavy (non-hydrogen) atoms. The topological polar surface area (TPSA) is 104 Å². The Hall–Kier alpha value is -2.16. The number of hydrogen-bond donors (Lipinski definition) is 2. The molecule has 0 spiro atoms. The van der Waals surface area contributed by atoms with E-state index < -0.39 is 39.1 Å². The zero-order valence-corrected chi connectivity index (χ0v) is 15.3. The summed E-state index contributed by atoms with van der Waals surface area (Å²) in [6.45, 7) is 3.74. The number of carbonyl (C=O) groups is 2. The van der Waals surface area contributed by atoms with Gasteiger partial charge in [0.2, 0.25) is 15.9 Å². The van der Waals surface area contributed by atoms with E-state index in [-0.39, 0.29) is 30.4 Å². The van der Waals surface area contributed by atoms with Crippen LogP contribution in [0.15, 0.2) is 18.2 Å². The standard InChI is InChI=1S/C17H21FN2O5S/c1-17(2)13(14(17)16(22)23)15(21)19-9-10-4-5-12(11(18)8-10)20-6-3-7-26(20,24)25/h4-5,8,13-14H,3,6-7,9H2,1-2H3,(H,19,21)(H,22,23)/t13-,14+/m1/s1. The maximum absolute atomic E-state index is 14.3. The molecular formula is C17H21FN2O5S. The van der Waals surface area contributed by atoms with Crippen molar-refractivity contribution in [3.63, 3.8) is 0 Å². The van der Waals surface area contributed by atoms with Crippen molar-refractivity contribution in [3.05, 3.63) is 29.6 Å². The smallest absolute Gasteiger partial charge is 0.307 e. The molecule has 1 aliphatic heterocycles. The second-order valence-electron chi connectivity index (χ2n) is 7.36. The predicted molar refractivity (Wildman–Crippen MR) is 92.4 cm³/mol. The number of amides is 1. The van der Waals surface area contributed by atoms with Crippen molar-refractivity contribution in [3.8, 4) is 0 Å². The number of anilines is 1. The van der Waals surface area contributed by atoms with Gasteiger partial charge in [0.1, 0.15) is 5.82 Å². The van der Waals surface area contributed by atoms with E-state index in [2.05, 4.69) is 5.32 Å². The van der Waals surface area contributed by atoms with Crippen LogP contribution < -0.4 is 9.62 Å². The van der Waals surface area contributed by atoms with E-state index in [1.807, 2.05) is 0 Å². The molecule has 7 nitrogen and oxygen atoms in total. The van der Waals surface area contributed by atoms with E-state index in [4.69, 9.17) is 5.11 Å². The summed E-state index contributed by atoms with van der Waals surface area (Å²) < 4.78 is 39.2. The summed E-state index contributed by atoms with van der Waals surface area (Å²) in [6, 6.07) is 4.14. The lowest BCUT2D eigenvalue weighted by Crippen LogP contribution is -2.27. The number of benzene rings is 1. The van der Waals surface area contributed by atoms with Crippen LogP contribution in [0.2, 0.25) is 0 Å². The summed E-state index contributed by atoms with van der Waals surface area (Å²) >= 11 is 0. The Labute approximate surface area is 151 Å². The fourth-order valence-electron chi connectivity index (χ4n) is 3.66. The highest BCUT2D eigenvalue weighted by Gasteiger charge is 2.65. The van der Waals surface area contributed by atoms with Gasteiger partial charge in [0, 0.05) is 13.1 Å². The molecule has 1 aromatic rings. The molecule has 1 amide bonds. The van der Waals surface area contributed by atoms with E-state index in [0.717, 1.165) is 4.31 Å². The van der Waals surface area contributed by atoms with Crippen LogP contribution in [0.4, 0.5) is 10.1 Å². The first-order valence-electron chi connectivity index (χ1n) is 8.35. The van der Waals surface area contributed by atoms with E-state index in [0.29, 0.717) is 12.0 Å². The second kappa shape index (κ2) is 6.22. The van der Waals surface area contributed by atoms with Crippen molar-refractivity contribution < 1.29 is 27.5 Å². The van der Waals surface area contributed by atoms with Gasteiger partial charge in [-0.25, -0.2) is 12.8 Å². The molecule has 2 N–H and O–H groups in total. The molecule has 3 rings (SSSR count). The summed E-state index contributed by atoms with van der Waals surface area (Å²) in [4.78, 5) is 23.3. The van der Waals surface area contributed by atoms with E-state index in [1.165, 1.54) is 12.1 Å². The third-order valence-corrected chi connectivity index (χ3v) is 7.08. The predicted octanol–water partition coefficient (Wildman–Crippen LogP) is 1.34. The van der Waals surface area contributed by atoms with Crippen LogP contribution in [0.25, 0.3) is 0 Å². The summed E-state index contributed by atoms with van der Waals surface area (Å²) in [6.07, 6.45) is 0.460. The summed E-state index contributed by atoms with van der Waals surface area (Å²) in [5, 5.41) is 11.8. The lowest BCUT2D eigenvalue weighted by molar-refractivity contribution is -0.140. The maximum Gasteiger partial charge on any atom is 0.307 e. The molecule has 142 valence electrons. The molecule has 2 atom stereocenters. The molecular weight excluding hydrogens is 363 g/mol. The number of sulfonamides is 1. The van der Waals surface area contributed by atoms with Crippen LogP contribution in [0.5, 0.6) is 0 Å². The number of aliphatic carboxylic acids is 1. The highest BCUT2D eigenvalue weighted by atomic mass is 32.2. The minimum atomic E-state index is -3.46. The highest BCUT2D eigenvalue weighted by molar-refractivity contribution is 7.93. The molecule has 1 saturated carbocycles. The molecule has 0 aromatic heterocycles. The number of halogens is 1. The number of rotatable bonds is 5. The zero-order valence-electron chi connectivity index (χ0n) is 14.5. The normalized spacial score (nSPS) is 25.7. The molecule has 1 heterocycles. The third-order valence-electron chi connectivity index (χ3n) is 5.22. The van der Waals surface area contributed by atoms with Crippen LogP contribution >= 0.6 is 0 Å². The van der Waals surface area contributed by atoms with Gasteiger partial charge in [0.15, 0.2) is 0 Å². The summed E-state index contributed by atoms with van der Waals surface area (Å²) in [5.41, 5.74) is -0.122. The van der Waals surface area contributed by atoms with Crippen LogP contribution in [0.1, 0.15) is 25.8 Å². The first kappa shape index (κ1) is 18.6. The van der Waals surface area contributed by atoms with Crippen molar-refractivity contribution >= 4 is 27.6 Å². The maximum atomic E-state index is 14.3. The van der Waals surface area contributed by atoms with Gasteiger partial charge in [-0.1, -0.05) is 19.9 Å². The van der Waals surface area contributed by atoms with E-state index in [9.17, 15) is 22.4 Å². The van der Waals surface area contributed by atoms with Gasteiger partial charge in [-0.15, -0.1) is 0 Å². The van der Waals surface area contributed by atoms with E-state index >= 15 is 0 Å². The molecule has 2 fully saturated rings. The molecule has 0 radical (unpaired) electrons. The molecule has 2 aliphatic rings. The number of hydrogen-bond acceptors (Lipinski definition) is 4. The average molecular weight is 384 g/mol. The number of carboxylic acid groups (broad SMARTS) is 1. The average Bonchev–Trinajstić information content (AvgIpc) is 2.95. The minimum Gasteiger partial charge on any atom is -0.481 e. The van der Waals surface area contributed by atoms with Gasteiger partial charge in [-0.3, -0.25) is 13.9 Å². The first-order valence-corrected chi connectivity index (χ1v) is 9.96. The monoisotopic (exact) mass is 384 g/mol. The fraction of sp³-hybridized carbons (Fsp3) is 0.529. The fourth-order valence-corrected chi connectivity index (χ4v) is 5.23. The van der Waals surface area contributed by atoms with Gasteiger partial charge < -0.3 is 10.4 Å². The van der Waals surface area contributed by atoms with Crippen molar-refractivity contribution in [2.75, 3.05) is 16.6 Å². The SMILES string of the molecule is CC1(C)[C@H](C(=O)O)[C@@H]1C(=O)NCc1ccc(N2CCCS2(=O)=O)c(F)c1. The summed E-state index contributed by atoms with van der Waals surface area (Å²) in [5.74, 6) is -3.38. The van der Waals surface area contributed by atoms with Crippen molar-refractivity contribution in [2.24, 2.45) is 17.3 Å². The van der Waals surface area contributed by atoms with Crippen LogP contribution in [-0.4, -0.2) is 37.7 Å². The number of nitrogens with one attached hydrogen (secondary N) is 1. The van der Waals surface area contributed by atoms with Crippen LogP contribution in [0.3, 0.4) is 0 Å². The largest absolute Gasteiger partial charge is 0.481 e. The van der Waals surface area contributed by atoms with Crippen molar-refractivity contribution in [2.45, 2.75) is 26.8 Å². The first-order chi connectivity index (χ1) is 12.1. The lowest BCUT2D eigenvalue weighted by atomic mass is 10.1. The Balaban J connectivity index is 1.66. The zero-order chi connectivity index (χ0) is 19.3. The van der Waals surface area contributed by atoms with Crippen LogP contribution in [0, 0.1) is 23.1 Å². The van der Waals surface area contributed by atoms with Gasteiger partial charge >= 0.3 is 5.97 Å². The molecule has 1 saturated heterocycles.